The summed E-state index contributed by atoms with van der Waals surface area (Å²) in [4.78, 5) is 20.9. The Balaban J connectivity index is 1.94. The molecule has 3 aromatic rings. The average molecular weight is 394 g/mol. The maximum atomic E-state index is 13.2. The molecule has 0 unspecified atom stereocenters. The minimum Gasteiger partial charge on any atom is -0.493 e. The summed E-state index contributed by atoms with van der Waals surface area (Å²) < 4.78 is 106. The Hall–Kier alpha value is -3.49. The Bertz CT molecular complexity index is 1470. The highest BCUT2D eigenvalue weighted by Gasteiger charge is 2.25. The second-order valence-electron chi connectivity index (χ2n) is 5.34. The van der Waals surface area contributed by atoms with E-state index in [2.05, 4.69) is 9.97 Å². The van der Waals surface area contributed by atoms with Crippen LogP contribution < -0.4 is 20.1 Å². The zero-order valence-electron chi connectivity index (χ0n) is 25.7. The molecule has 1 fully saturated rings. The van der Waals surface area contributed by atoms with Crippen molar-refractivity contribution in [1.29, 1.82) is 0 Å². The lowest BCUT2D eigenvalue weighted by molar-refractivity contribution is 0.0714. The van der Waals surface area contributed by atoms with E-state index in [0.717, 1.165) is 0 Å². The lowest BCUT2D eigenvalue weighted by Crippen LogP contribution is -2.49. The highest BCUT2D eigenvalue weighted by molar-refractivity contribution is 5.92. The van der Waals surface area contributed by atoms with Gasteiger partial charge in [0.15, 0.2) is 17.3 Å². The first-order valence-corrected chi connectivity index (χ1v) is 7.77. The molecule has 9 nitrogen and oxygen atoms in total. The second-order valence-corrected chi connectivity index (χ2v) is 5.34. The third kappa shape index (κ3) is 3.15. The molecule has 0 bridgehead atoms. The molecule has 0 radical (unpaired) electrons. The molecule has 0 atom stereocenters. The lowest BCUT2D eigenvalue weighted by atomic mass is 10.2. The molecular weight excluding hydrogens is 362 g/mol. The number of methoxy groups -OCH3 is 2. The number of fused-ring (bicyclic) bond motifs is 1. The van der Waals surface area contributed by atoms with Crippen LogP contribution in [0.4, 0.5) is 11.8 Å². The molecule has 1 amide bonds. The Labute approximate surface area is 177 Å². The van der Waals surface area contributed by atoms with Crippen LogP contribution in [-0.4, -0.2) is 61.0 Å². The predicted molar refractivity (Wildman–Crippen MR) is 104 cm³/mol. The van der Waals surface area contributed by atoms with Crippen molar-refractivity contribution in [2.24, 2.45) is 0 Å². The number of benzene rings is 1. The van der Waals surface area contributed by atoms with E-state index in [0.29, 0.717) is 0 Å². The smallest absolute Gasteiger partial charge is 0.289 e. The van der Waals surface area contributed by atoms with Crippen LogP contribution in [0.15, 0.2) is 34.9 Å². The van der Waals surface area contributed by atoms with Gasteiger partial charge in [-0.25, -0.2) is 4.98 Å². The van der Waals surface area contributed by atoms with Gasteiger partial charge in [-0.05, 0) is 18.2 Å². The number of hydrogen-bond acceptors (Lipinski definition) is 8. The summed E-state index contributed by atoms with van der Waals surface area (Å²) in [6, 6.07) is 0.911. The molecule has 1 aliphatic heterocycles. The number of ether oxygens (including phenoxy) is 2. The summed E-state index contributed by atoms with van der Waals surface area (Å²) in [5.41, 5.74) is 6.04. The van der Waals surface area contributed by atoms with Gasteiger partial charge >= 0.3 is 0 Å². The van der Waals surface area contributed by atoms with Gasteiger partial charge in [0.25, 0.3) is 5.91 Å². The molecular formula is C19H21N5O4. The molecule has 1 aliphatic rings. The van der Waals surface area contributed by atoms with Crippen LogP contribution in [0.5, 0.6) is 11.5 Å². The number of piperazine rings is 1. The Morgan fingerprint density at radius 1 is 1.21 bits per heavy atom. The van der Waals surface area contributed by atoms with Crippen molar-refractivity contribution >= 4 is 28.6 Å². The van der Waals surface area contributed by atoms with E-state index in [1.165, 1.54) is 26.4 Å². The maximum Gasteiger partial charge on any atom is 0.289 e. The number of rotatable bonds is 4. The number of nitrogen functional groups attached to an aromatic ring is 1. The SMILES string of the molecule is [2H]c1oc(C(=O)N2C([2H])([2H])C([2H])([2H])N(c3nc(N)c4cc(OC)c(OC)cc4n3)C([2H])([2H])C2([2H])[2H])c([2H])c1[2H]. The highest BCUT2D eigenvalue weighted by Crippen LogP contribution is 2.34. The quantitative estimate of drug-likeness (QED) is 0.714. The number of furan rings is 1. The van der Waals surface area contributed by atoms with Gasteiger partial charge in [-0.1, -0.05) is 0 Å². The normalized spacial score (nSPS) is 27.3. The van der Waals surface area contributed by atoms with Crippen LogP contribution in [0.2, 0.25) is 0 Å². The summed E-state index contributed by atoms with van der Waals surface area (Å²) in [7, 11) is 2.70. The molecule has 3 heterocycles. The van der Waals surface area contributed by atoms with Crippen LogP contribution in [0.25, 0.3) is 10.9 Å². The number of amides is 1. The summed E-state index contributed by atoms with van der Waals surface area (Å²) in [6.45, 7) is -14.5. The fourth-order valence-electron chi connectivity index (χ4n) is 2.41. The van der Waals surface area contributed by atoms with E-state index < -0.39 is 61.9 Å². The van der Waals surface area contributed by atoms with Gasteiger partial charge < -0.3 is 29.4 Å². The number of carbonyl (C=O) groups is 1. The van der Waals surface area contributed by atoms with Gasteiger partial charge in [-0.15, -0.1) is 0 Å². The van der Waals surface area contributed by atoms with Crippen molar-refractivity contribution in [2.45, 2.75) is 0 Å². The topological polar surface area (TPSA) is 107 Å². The van der Waals surface area contributed by atoms with Crippen molar-refractivity contribution in [2.75, 3.05) is 50.8 Å². The molecule has 28 heavy (non-hydrogen) atoms. The minimum absolute atomic E-state index is 0.00163. The molecule has 9 heteroatoms. The molecule has 0 aliphatic carbocycles. The number of nitrogens with zero attached hydrogens (tertiary/aromatic N) is 4. The fourth-order valence-corrected chi connectivity index (χ4v) is 2.41. The summed E-state index contributed by atoms with van der Waals surface area (Å²) in [5.74, 6) is -3.65. The van der Waals surface area contributed by atoms with Crippen molar-refractivity contribution in [1.82, 2.24) is 14.9 Å². The van der Waals surface area contributed by atoms with E-state index >= 15 is 0 Å². The third-order valence-electron chi connectivity index (χ3n) is 3.74. The average Bonchev–Trinajstić information content (AvgIpc) is 3.09. The van der Waals surface area contributed by atoms with Crippen molar-refractivity contribution in [3.8, 4) is 11.5 Å². The van der Waals surface area contributed by atoms with Crippen LogP contribution in [0.3, 0.4) is 0 Å². The Morgan fingerprint density at radius 2 is 1.93 bits per heavy atom. The van der Waals surface area contributed by atoms with Crippen LogP contribution in [-0.2, 0) is 0 Å². The van der Waals surface area contributed by atoms with Crippen LogP contribution in [0, 0.1) is 0 Å². The Kier molecular flexibility index (Phi) is 2.37. The first kappa shape index (κ1) is 9.13. The Morgan fingerprint density at radius 3 is 2.57 bits per heavy atom. The number of nitrogens with two attached hydrogens (primary N) is 1. The van der Waals surface area contributed by atoms with Crippen molar-refractivity contribution < 1.29 is 33.8 Å². The largest absolute Gasteiger partial charge is 0.493 e. The number of hydrogen-bond donors (Lipinski definition) is 1. The number of aromatic nitrogens is 2. The van der Waals surface area contributed by atoms with E-state index in [9.17, 15) is 4.79 Å². The first-order valence-electron chi connectivity index (χ1n) is 13.3. The molecule has 0 saturated carbocycles. The van der Waals surface area contributed by atoms with E-state index in [1.54, 1.807) is 0 Å². The molecule has 2 N–H and O–H groups in total. The third-order valence-corrected chi connectivity index (χ3v) is 3.74. The molecule has 146 valence electrons. The maximum absolute atomic E-state index is 13.2. The van der Waals surface area contributed by atoms with Crippen LogP contribution in [0.1, 0.15) is 25.6 Å². The minimum atomic E-state index is -3.67. The lowest BCUT2D eigenvalue weighted by Gasteiger charge is -2.34. The van der Waals surface area contributed by atoms with Crippen molar-refractivity contribution in [3.05, 3.63) is 36.2 Å². The van der Waals surface area contributed by atoms with Gasteiger partial charge in [0.1, 0.15) is 7.19 Å². The van der Waals surface area contributed by atoms with E-state index in [4.69, 9.17) is 34.7 Å². The fraction of sp³-hybridized carbons (Fsp3) is 0.316. The molecule has 0 spiro atoms. The first-order chi connectivity index (χ1) is 17.9. The summed E-state index contributed by atoms with van der Waals surface area (Å²) >= 11 is 0. The zero-order chi connectivity index (χ0) is 29.5. The predicted octanol–water partition coefficient (Wildman–Crippen LogP) is 1.78. The monoisotopic (exact) mass is 394 g/mol. The molecule has 1 saturated heterocycles. The van der Waals surface area contributed by atoms with Gasteiger partial charge in [-0.3, -0.25) is 4.79 Å². The van der Waals surface area contributed by atoms with Gasteiger partial charge in [0, 0.05) is 37.4 Å². The second kappa shape index (κ2) is 7.26. The standard InChI is InChI=1S/C19H21N5O4/c1-26-15-10-12-13(11-16(15)27-2)21-19(22-17(12)20)24-7-5-23(6-8-24)18(25)14-4-3-9-28-14/h3-4,9-11H,5-8H2,1-2H3,(H2,20,21,22)/i3D,4D,5D2,6D2,7D2,8D2,9D. The number of carbonyl (C=O) groups excluding carboxylic acids is 1. The van der Waals surface area contributed by atoms with Gasteiger partial charge in [0.2, 0.25) is 5.95 Å². The molecule has 1 aromatic carbocycles. The zero-order valence-corrected chi connectivity index (χ0v) is 14.7. The highest BCUT2D eigenvalue weighted by atomic mass is 16.5. The van der Waals surface area contributed by atoms with Gasteiger partial charge in [0.05, 0.1) is 39.7 Å². The van der Waals surface area contributed by atoms with Crippen LogP contribution >= 0.6 is 0 Å². The molecule has 4 rings (SSSR count). The van der Waals surface area contributed by atoms with Crippen molar-refractivity contribution in [3.63, 3.8) is 0 Å². The van der Waals surface area contributed by atoms with Gasteiger partial charge in [-0.2, -0.15) is 4.98 Å². The molecule has 2 aromatic heterocycles. The van der Waals surface area contributed by atoms with E-state index in [1.807, 2.05) is 0 Å². The summed E-state index contributed by atoms with van der Waals surface area (Å²) in [6.07, 6.45) is -0.943. The number of anilines is 2. The van der Waals surface area contributed by atoms with E-state index in [-0.39, 0.29) is 38.0 Å². The summed E-state index contributed by atoms with van der Waals surface area (Å²) in [5, 5.41) is 0.190.